The van der Waals surface area contributed by atoms with Crippen LogP contribution in [-0.2, 0) is 4.79 Å². The van der Waals surface area contributed by atoms with Crippen molar-refractivity contribution >= 4 is 11.6 Å². The van der Waals surface area contributed by atoms with Gasteiger partial charge in [0, 0.05) is 13.1 Å². The van der Waals surface area contributed by atoms with Crippen LogP contribution < -0.4 is 10.5 Å². The van der Waals surface area contributed by atoms with Gasteiger partial charge in [0.25, 0.3) is 0 Å². The van der Waals surface area contributed by atoms with Gasteiger partial charge in [-0.25, -0.2) is 0 Å². The molecule has 24 heavy (non-hydrogen) atoms. The number of benzene rings is 1. The summed E-state index contributed by atoms with van der Waals surface area (Å²) in [7, 11) is 3.86. The van der Waals surface area contributed by atoms with Crippen LogP contribution in [-0.4, -0.2) is 55.5 Å². The van der Waals surface area contributed by atoms with Crippen molar-refractivity contribution in [1.29, 1.82) is 0 Å². The molecule has 0 aliphatic carbocycles. The highest BCUT2D eigenvalue weighted by Gasteiger charge is 2.25. The van der Waals surface area contributed by atoms with Crippen LogP contribution in [0.4, 0.5) is 5.69 Å². The number of nitrogen functional groups attached to an aromatic ring is 1. The number of anilines is 1. The van der Waals surface area contributed by atoms with Crippen molar-refractivity contribution in [3.63, 3.8) is 0 Å². The number of ether oxygens (including phenoxy) is 1. The quantitative estimate of drug-likeness (QED) is 0.842. The van der Waals surface area contributed by atoms with Crippen molar-refractivity contribution in [1.82, 2.24) is 9.80 Å². The van der Waals surface area contributed by atoms with Crippen molar-refractivity contribution in [2.24, 2.45) is 0 Å². The van der Waals surface area contributed by atoms with Gasteiger partial charge < -0.3 is 20.3 Å². The molecule has 0 saturated carbocycles. The van der Waals surface area contributed by atoms with E-state index in [9.17, 15) is 4.79 Å². The number of nitrogens with two attached hydrogens (primary N) is 1. The summed E-state index contributed by atoms with van der Waals surface area (Å²) in [5, 5.41) is 0. The molecule has 0 radical (unpaired) electrons. The Labute approximate surface area is 145 Å². The standard InChI is InChI=1S/C19H31N3O2/c1-13(2)24-18-11-16(14(3)10-17(18)20)15-6-8-22(9-7-15)19(23)12-21(4)5/h10-11,13,15H,6-9,12,20H2,1-5H3. The number of carbonyl (C=O) groups excluding carboxylic acids is 1. The Hall–Kier alpha value is -1.75. The van der Waals surface area contributed by atoms with E-state index in [-0.39, 0.29) is 12.0 Å². The predicted molar refractivity (Wildman–Crippen MR) is 98.5 cm³/mol. The zero-order valence-corrected chi connectivity index (χ0v) is 15.6. The maximum atomic E-state index is 12.2. The average molecular weight is 333 g/mol. The molecule has 5 nitrogen and oxygen atoms in total. The lowest BCUT2D eigenvalue weighted by atomic mass is 9.86. The minimum Gasteiger partial charge on any atom is -0.489 e. The fourth-order valence-corrected chi connectivity index (χ4v) is 3.33. The van der Waals surface area contributed by atoms with Crippen molar-refractivity contribution in [2.45, 2.75) is 45.6 Å². The first kappa shape index (κ1) is 18.6. The van der Waals surface area contributed by atoms with E-state index in [0.29, 0.717) is 18.2 Å². The minimum absolute atomic E-state index is 0.105. The number of nitrogens with zero attached hydrogens (tertiary/aromatic N) is 2. The molecule has 134 valence electrons. The zero-order valence-electron chi connectivity index (χ0n) is 15.6. The lowest BCUT2D eigenvalue weighted by Gasteiger charge is -2.33. The number of hydrogen-bond acceptors (Lipinski definition) is 4. The highest BCUT2D eigenvalue weighted by molar-refractivity contribution is 5.78. The third-order valence-corrected chi connectivity index (χ3v) is 4.50. The minimum atomic E-state index is 0.105. The third-order valence-electron chi connectivity index (χ3n) is 4.50. The third kappa shape index (κ3) is 4.63. The van der Waals surface area contributed by atoms with Gasteiger partial charge in [-0.05, 0) is 76.9 Å². The van der Waals surface area contributed by atoms with Crippen LogP contribution in [0.2, 0.25) is 0 Å². The molecule has 2 rings (SSSR count). The number of likely N-dealkylation sites (N-methyl/N-ethyl adjacent to an activating group) is 1. The molecule has 1 fully saturated rings. The summed E-state index contributed by atoms with van der Waals surface area (Å²) in [5.41, 5.74) is 9.31. The van der Waals surface area contributed by atoms with Gasteiger partial charge >= 0.3 is 0 Å². The molecule has 0 spiro atoms. The number of aryl methyl sites for hydroxylation is 1. The summed E-state index contributed by atoms with van der Waals surface area (Å²) < 4.78 is 5.84. The van der Waals surface area contributed by atoms with E-state index < -0.39 is 0 Å². The van der Waals surface area contributed by atoms with Crippen LogP contribution >= 0.6 is 0 Å². The Bertz CT molecular complexity index is 576. The number of hydrogen-bond donors (Lipinski definition) is 1. The van der Waals surface area contributed by atoms with Gasteiger partial charge in [0.05, 0.1) is 18.3 Å². The normalized spacial score (nSPS) is 16.0. The van der Waals surface area contributed by atoms with Crippen LogP contribution in [0, 0.1) is 6.92 Å². The average Bonchev–Trinajstić information content (AvgIpc) is 2.49. The lowest BCUT2D eigenvalue weighted by molar-refractivity contribution is -0.132. The molecule has 1 saturated heterocycles. The number of amides is 1. The first-order chi connectivity index (χ1) is 11.3. The molecule has 1 aromatic carbocycles. The second-order valence-corrected chi connectivity index (χ2v) is 7.31. The molecule has 0 unspecified atom stereocenters. The van der Waals surface area contributed by atoms with Crippen molar-refractivity contribution in [2.75, 3.05) is 39.5 Å². The summed E-state index contributed by atoms with van der Waals surface area (Å²) in [6.45, 7) is 8.25. The fourth-order valence-electron chi connectivity index (χ4n) is 3.33. The highest BCUT2D eigenvalue weighted by Crippen LogP contribution is 2.35. The molecule has 2 N–H and O–H groups in total. The van der Waals surface area contributed by atoms with E-state index in [4.69, 9.17) is 10.5 Å². The molecule has 0 aromatic heterocycles. The van der Waals surface area contributed by atoms with Gasteiger partial charge in [-0.3, -0.25) is 4.79 Å². The maximum absolute atomic E-state index is 12.2. The van der Waals surface area contributed by atoms with Crippen molar-refractivity contribution < 1.29 is 9.53 Å². The van der Waals surface area contributed by atoms with Gasteiger partial charge in [0.2, 0.25) is 5.91 Å². The van der Waals surface area contributed by atoms with Crippen molar-refractivity contribution in [3.05, 3.63) is 23.3 Å². The molecule has 1 amide bonds. The Kier molecular flexibility index (Phi) is 6.10. The van der Waals surface area contributed by atoms with Gasteiger partial charge in [0.15, 0.2) is 0 Å². The molecule has 1 aliphatic rings. The monoisotopic (exact) mass is 333 g/mol. The highest BCUT2D eigenvalue weighted by atomic mass is 16.5. The predicted octanol–water partition coefficient (Wildman–Crippen LogP) is 2.63. The van der Waals surface area contributed by atoms with E-state index in [1.54, 1.807) is 0 Å². The first-order valence-electron chi connectivity index (χ1n) is 8.77. The summed E-state index contributed by atoms with van der Waals surface area (Å²) in [4.78, 5) is 16.1. The van der Waals surface area contributed by atoms with Gasteiger partial charge in [0.1, 0.15) is 5.75 Å². The fraction of sp³-hybridized carbons (Fsp3) is 0.632. The van der Waals surface area contributed by atoms with Gasteiger partial charge in [-0.15, -0.1) is 0 Å². The first-order valence-corrected chi connectivity index (χ1v) is 8.77. The van der Waals surface area contributed by atoms with E-state index in [0.717, 1.165) is 31.7 Å². The number of likely N-dealkylation sites (tertiary alicyclic amines) is 1. The van der Waals surface area contributed by atoms with Crippen LogP contribution in [0.1, 0.15) is 43.7 Å². The van der Waals surface area contributed by atoms with Crippen molar-refractivity contribution in [3.8, 4) is 5.75 Å². The SMILES string of the molecule is Cc1cc(N)c(OC(C)C)cc1C1CCN(C(=O)CN(C)C)CC1. The molecule has 0 bridgehead atoms. The zero-order chi connectivity index (χ0) is 17.9. The number of rotatable bonds is 5. The summed E-state index contributed by atoms with van der Waals surface area (Å²) in [6, 6.07) is 4.11. The van der Waals surface area contributed by atoms with Crippen LogP contribution in [0.25, 0.3) is 0 Å². The number of carbonyl (C=O) groups is 1. The Morgan fingerprint density at radius 3 is 2.50 bits per heavy atom. The molecule has 1 aliphatic heterocycles. The Morgan fingerprint density at radius 2 is 1.96 bits per heavy atom. The molecular formula is C19H31N3O2. The summed E-state index contributed by atoms with van der Waals surface area (Å²) in [5.74, 6) is 1.46. The van der Waals surface area contributed by atoms with E-state index >= 15 is 0 Å². The van der Waals surface area contributed by atoms with E-state index in [2.05, 4.69) is 13.0 Å². The molecule has 5 heteroatoms. The topological polar surface area (TPSA) is 58.8 Å². The Balaban J connectivity index is 2.07. The maximum Gasteiger partial charge on any atom is 0.236 e. The van der Waals surface area contributed by atoms with E-state index in [1.165, 1.54) is 11.1 Å². The second kappa shape index (κ2) is 7.88. The summed E-state index contributed by atoms with van der Waals surface area (Å²) >= 11 is 0. The van der Waals surface area contributed by atoms with E-state index in [1.807, 2.05) is 43.8 Å². The van der Waals surface area contributed by atoms with Crippen LogP contribution in [0.3, 0.4) is 0 Å². The summed E-state index contributed by atoms with van der Waals surface area (Å²) in [6.07, 6.45) is 2.09. The molecule has 1 aromatic rings. The molecule has 0 atom stereocenters. The largest absolute Gasteiger partial charge is 0.489 e. The lowest BCUT2D eigenvalue weighted by Crippen LogP contribution is -2.42. The molecule has 1 heterocycles. The number of piperidine rings is 1. The Morgan fingerprint density at radius 1 is 1.33 bits per heavy atom. The molecular weight excluding hydrogens is 302 g/mol. The van der Waals surface area contributed by atoms with Crippen LogP contribution in [0.15, 0.2) is 12.1 Å². The smallest absolute Gasteiger partial charge is 0.236 e. The van der Waals surface area contributed by atoms with Crippen LogP contribution in [0.5, 0.6) is 5.75 Å². The second-order valence-electron chi connectivity index (χ2n) is 7.31. The van der Waals surface area contributed by atoms with Gasteiger partial charge in [-0.1, -0.05) is 0 Å². The van der Waals surface area contributed by atoms with Gasteiger partial charge in [-0.2, -0.15) is 0 Å².